The summed E-state index contributed by atoms with van der Waals surface area (Å²) in [6, 6.07) is 10.8. The second kappa shape index (κ2) is 12.1. The minimum absolute atomic E-state index is 0.0895. The Hall–Kier alpha value is -1.81. The fraction of sp³-hybridized carbons (Fsp3) is 0.364. The Bertz CT molecular complexity index is 1100. The number of anilines is 1. The predicted molar refractivity (Wildman–Crippen MR) is 136 cm³/mol. The molecule has 0 aromatic heterocycles. The molecule has 0 saturated carbocycles. The highest BCUT2D eigenvalue weighted by Gasteiger charge is 2.30. The molecule has 0 saturated heterocycles. The van der Waals surface area contributed by atoms with E-state index in [0.29, 0.717) is 6.54 Å². The van der Waals surface area contributed by atoms with E-state index in [4.69, 9.17) is 23.2 Å². The molecule has 1 N–H and O–H groups in total. The van der Waals surface area contributed by atoms with Gasteiger partial charge in [-0.05, 0) is 49.2 Å². The summed E-state index contributed by atoms with van der Waals surface area (Å²) in [6.07, 6.45) is 1.72. The van der Waals surface area contributed by atoms with Crippen LogP contribution in [0.3, 0.4) is 0 Å². The van der Waals surface area contributed by atoms with Crippen molar-refractivity contribution in [2.45, 2.75) is 32.9 Å². The largest absolute Gasteiger partial charge is 0.354 e. The van der Waals surface area contributed by atoms with Gasteiger partial charge in [0.2, 0.25) is 21.8 Å². The van der Waals surface area contributed by atoms with Crippen molar-refractivity contribution in [3.8, 4) is 0 Å². The molecular formula is C22H26BrCl2N3O4S. The molecule has 2 aromatic rings. The van der Waals surface area contributed by atoms with Crippen LogP contribution in [0.4, 0.5) is 5.69 Å². The second-order valence-electron chi connectivity index (χ2n) is 7.48. The average Bonchev–Trinajstić information content (AvgIpc) is 2.75. The standard InChI is InChI=1S/C22H26BrCl2N3O4S/c1-4-11-26-22(30)15(2)27(13-16-5-7-17(23)8-6-16)21(29)14-28(33(3,31)32)20-12-18(24)9-10-19(20)25/h5-10,12,15H,4,11,13-14H2,1-3H3,(H,26,30). The fourth-order valence-corrected chi connectivity index (χ4v) is 4.59. The average molecular weight is 579 g/mol. The Balaban J connectivity index is 2.40. The number of nitrogens with zero attached hydrogens (tertiary/aromatic N) is 2. The number of hydrogen-bond donors (Lipinski definition) is 1. The zero-order valence-corrected chi connectivity index (χ0v) is 22.4. The fourth-order valence-electron chi connectivity index (χ4n) is 3.04. The van der Waals surface area contributed by atoms with Gasteiger partial charge in [0.1, 0.15) is 12.6 Å². The van der Waals surface area contributed by atoms with E-state index >= 15 is 0 Å². The van der Waals surface area contributed by atoms with Crippen LogP contribution in [-0.4, -0.2) is 50.5 Å². The third-order valence-corrected chi connectivity index (χ3v) is 7.05. The van der Waals surface area contributed by atoms with Crippen LogP contribution in [0.1, 0.15) is 25.8 Å². The van der Waals surface area contributed by atoms with Gasteiger partial charge in [0.25, 0.3) is 0 Å². The molecule has 180 valence electrons. The maximum Gasteiger partial charge on any atom is 0.244 e. The molecule has 0 aliphatic heterocycles. The zero-order chi connectivity index (χ0) is 24.8. The van der Waals surface area contributed by atoms with Crippen molar-refractivity contribution in [1.29, 1.82) is 0 Å². The first-order valence-corrected chi connectivity index (χ1v) is 13.6. The molecule has 0 bridgehead atoms. The second-order valence-corrected chi connectivity index (χ2v) is 11.1. The van der Waals surface area contributed by atoms with Gasteiger partial charge in [-0.25, -0.2) is 8.42 Å². The van der Waals surface area contributed by atoms with Gasteiger partial charge in [-0.3, -0.25) is 13.9 Å². The minimum Gasteiger partial charge on any atom is -0.354 e. The van der Waals surface area contributed by atoms with Crippen molar-refractivity contribution in [3.63, 3.8) is 0 Å². The number of benzene rings is 2. The molecule has 7 nitrogen and oxygen atoms in total. The Morgan fingerprint density at radius 2 is 1.76 bits per heavy atom. The van der Waals surface area contributed by atoms with E-state index in [1.165, 1.54) is 23.1 Å². The van der Waals surface area contributed by atoms with Crippen molar-refractivity contribution in [2.24, 2.45) is 0 Å². The first-order chi connectivity index (χ1) is 15.4. The van der Waals surface area contributed by atoms with Crippen molar-refractivity contribution in [1.82, 2.24) is 10.2 Å². The summed E-state index contributed by atoms with van der Waals surface area (Å²) in [4.78, 5) is 27.4. The predicted octanol–water partition coefficient (Wildman–Crippen LogP) is 4.47. The highest BCUT2D eigenvalue weighted by molar-refractivity contribution is 9.10. The Labute approximate surface area is 213 Å². The molecule has 0 aliphatic rings. The van der Waals surface area contributed by atoms with Crippen LogP contribution < -0.4 is 9.62 Å². The number of rotatable bonds is 10. The molecule has 2 aromatic carbocycles. The van der Waals surface area contributed by atoms with Crippen LogP contribution >= 0.6 is 39.1 Å². The molecule has 0 aliphatic carbocycles. The number of sulfonamides is 1. The molecular weight excluding hydrogens is 553 g/mol. The molecule has 0 heterocycles. The molecule has 0 fully saturated rings. The molecule has 33 heavy (non-hydrogen) atoms. The maximum atomic E-state index is 13.4. The Morgan fingerprint density at radius 3 is 2.33 bits per heavy atom. The topological polar surface area (TPSA) is 86.8 Å². The van der Waals surface area contributed by atoms with E-state index in [1.54, 1.807) is 6.92 Å². The van der Waals surface area contributed by atoms with E-state index in [2.05, 4.69) is 21.2 Å². The first kappa shape index (κ1) is 27.4. The number of amides is 2. The van der Waals surface area contributed by atoms with Gasteiger partial charge in [0.05, 0.1) is 17.0 Å². The normalized spacial score (nSPS) is 12.2. The molecule has 0 spiro atoms. The molecule has 1 unspecified atom stereocenters. The first-order valence-electron chi connectivity index (χ1n) is 10.2. The number of hydrogen-bond acceptors (Lipinski definition) is 4. The van der Waals surface area contributed by atoms with Gasteiger partial charge >= 0.3 is 0 Å². The van der Waals surface area contributed by atoms with Gasteiger partial charge in [-0.15, -0.1) is 0 Å². The summed E-state index contributed by atoms with van der Waals surface area (Å²) < 4.78 is 26.9. The van der Waals surface area contributed by atoms with Crippen molar-refractivity contribution in [2.75, 3.05) is 23.7 Å². The van der Waals surface area contributed by atoms with E-state index < -0.39 is 28.5 Å². The van der Waals surface area contributed by atoms with E-state index in [-0.39, 0.29) is 28.2 Å². The Kier molecular flexibility index (Phi) is 10.0. The lowest BCUT2D eigenvalue weighted by molar-refractivity contribution is -0.139. The van der Waals surface area contributed by atoms with Gasteiger partial charge in [-0.1, -0.05) is 58.2 Å². The van der Waals surface area contributed by atoms with Gasteiger partial charge < -0.3 is 10.2 Å². The molecule has 2 amide bonds. The van der Waals surface area contributed by atoms with Gasteiger partial charge in [-0.2, -0.15) is 0 Å². The van der Waals surface area contributed by atoms with Crippen LogP contribution in [0.25, 0.3) is 0 Å². The Morgan fingerprint density at radius 1 is 1.12 bits per heavy atom. The van der Waals surface area contributed by atoms with Gasteiger partial charge in [0, 0.05) is 22.6 Å². The maximum absolute atomic E-state index is 13.4. The highest BCUT2D eigenvalue weighted by Crippen LogP contribution is 2.31. The van der Waals surface area contributed by atoms with Crippen LogP contribution in [0.15, 0.2) is 46.9 Å². The van der Waals surface area contributed by atoms with Gasteiger partial charge in [0.15, 0.2) is 0 Å². The zero-order valence-electron chi connectivity index (χ0n) is 18.5. The SMILES string of the molecule is CCCNC(=O)C(C)N(Cc1ccc(Br)cc1)C(=O)CN(c1cc(Cl)ccc1Cl)S(C)(=O)=O. The van der Waals surface area contributed by atoms with Crippen LogP contribution in [-0.2, 0) is 26.2 Å². The van der Waals surface area contributed by atoms with Crippen LogP contribution in [0, 0.1) is 0 Å². The third kappa shape index (κ3) is 7.88. The molecule has 11 heteroatoms. The number of carbonyl (C=O) groups excluding carboxylic acids is 2. The number of nitrogens with one attached hydrogen (secondary N) is 1. The van der Waals surface area contributed by atoms with Crippen molar-refractivity contribution in [3.05, 3.63) is 62.5 Å². The monoisotopic (exact) mass is 577 g/mol. The third-order valence-electron chi connectivity index (χ3n) is 4.84. The van der Waals surface area contributed by atoms with E-state index in [9.17, 15) is 18.0 Å². The minimum atomic E-state index is -3.89. The molecule has 1 atom stereocenters. The lowest BCUT2D eigenvalue weighted by atomic mass is 10.1. The summed E-state index contributed by atoms with van der Waals surface area (Å²) in [7, 11) is -3.89. The van der Waals surface area contributed by atoms with E-state index in [1.807, 2.05) is 31.2 Å². The summed E-state index contributed by atoms with van der Waals surface area (Å²) in [5.74, 6) is -0.882. The summed E-state index contributed by atoms with van der Waals surface area (Å²) in [5.41, 5.74) is 0.875. The van der Waals surface area contributed by atoms with Crippen molar-refractivity contribution < 1.29 is 18.0 Å². The lowest BCUT2D eigenvalue weighted by Crippen LogP contribution is -2.51. The van der Waals surface area contributed by atoms with Crippen LogP contribution in [0.2, 0.25) is 10.0 Å². The highest BCUT2D eigenvalue weighted by atomic mass is 79.9. The van der Waals surface area contributed by atoms with E-state index in [0.717, 1.165) is 27.0 Å². The molecule has 0 radical (unpaired) electrons. The van der Waals surface area contributed by atoms with Crippen molar-refractivity contribution >= 4 is 66.7 Å². The summed E-state index contributed by atoms with van der Waals surface area (Å²) in [6.45, 7) is 3.58. The number of carbonyl (C=O) groups is 2. The smallest absolute Gasteiger partial charge is 0.244 e. The number of halogens is 3. The molecule has 2 rings (SSSR count). The summed E-state index contributed by atoms with van der Waals surface area (Å²) in [5, 5.41) is 3.19. The van der Waals surface area contributed by atoms with Crippen LogP contribution in [0.5, 0.6) is 0 Å². The lowest BCUT2D eigenvalue weighted by Gasteiger charge is -2.31. The summed E-state index contributed by atoms with van der Waals surface area (Å²) >= 11 is 15.6. The quantitative estimate of drug-likeness (QED) is 0.451.